The predicted molar refractivity (Wildman–Crippen MR) is 144 cm³/mol. The molecule has 0 bridgehead atoms. The maximum absolute atomic E-state index is 13.2. The molecule has 2 unspecified atom stereocenters. The molecule has 190 valence electrons. The van der Waals surface area contributed by atoms with E-state index in [0.29, 0.717) is 5.92 Å². The molecule has 0 saturated heterocycles. The molecule has 2 aromatic rings. The summed E-state index contributed by atoms with van der Waals surface area (Å²) in [5.41, 5.74) is 4.19. The Morgan fingerprint density at radius 2 is 1.89 bits per heavy atom. The zero-order valence-corrected chi connectivity index (χ0v) is 23.0. The highest BCUT2D eigenvalue weighted by molar-refractivity contribution is 5.89. The van der Waals surface area contributed by atoms with Crippen molar-refractivity contribution in [3.8, 4) is 0 Å². The number of fused-ring (bicyclic) bond motifs is 1. The molecule has 1 aromatic heterocycles. The highest BCUT2D eigenvalue weighted by Crippen LogP contribution is 2.37. The van der Waals surface area contributed by atoms with Crippen molar-refractivity contribution in [1.29, 1.82) is 0 Å². The maximum Gasteiger partial charge on any atom is 0.343 e. The van der Waals surface area contributed by atoms with Gasteiger partial charge in [0.15, 0.2) is 5.43 Å². The van der Waals surface area contributed by atoms with Gasteiger partial charge in [0.2, 0.25) is 0 Å². The second-order valence-corrected chi connectivity index (χ2v) is 11.2. The lowest BCUT2D eigenvalue weighted by Crippen LogP contribution is -2.46. The minimum atomic E-state index is -0.560. The van der Waals surface area contributed by atoms with Crippen LogP contribution in [0.4, 0.5) is 0 Å². The van der Waals surface area contributed by atoms with E-state index in [9.17, 15) is 9.59 Å². The van der Waals surface area contributed by atoms with Gasteiger partial charge in [-0.1, -0.05) is 64.8 Å². The molecular formula is C30H42N2O3. The number of carbonyl (C=O) groups is 1. The summed E-state index contributed by atoms with van der Waals surface area (Å²) in [5, 5.41) is 2.40. The monoisotopic (exact) mass is 478 g/mol. The Hall–Kier alpha value is -2.82. The molecule has 1 aromatic carbocycles. The molecule has 0 saturated carbocycles. The zero-order valence-electron chi connectivity index (χ0n) is 23.0. The molecule has 0 fully saturated rings. The van der Waals surface area contributed by atoms with Crippen molar-refractivity contribution in [1.82, 2.24) is 9.47 Å². The van der Waals surface area contributed by atoms with Crippen molar-refractivity contribution in [2.24, 2.45) is 11.3 Å². The van der Waals surface area contributed by atoms with Crippen molar-refractivity contribution in [3.05, 3.63) is 67.9 Å². The number of ether oxygens (including phenoxy) is 1. The van der Waals surface area contributed by atoms with E-state index < -0.39 is 5.97 Å². The van der Waals surface area contributed by atoms with E-state index in [1.807, 2.05) is 0 Å². The average molecular weight is 479 g/mol. The van der Waals surface area contributed by atoms with Gasteiger partial charge >= 0.3 is 5.97 Å². The number of benzene rings is 1. The number of nitrogens with zero attached hydrogens (tertiary/aromatic N) is 2. The van der Waals surface area contributed by atoms with E-state index >= 15 is 0 Å². The molecule has 2 heterocycles. The van der Waals surface area contributed by atoms with Crippen LogP contribution < -0.4 is 15.9 Å². The van der Waals surface area contributed by atoms with E-state index in [0.717, 1.165) is 36.0 Å². The van der Waals surface area contributed by atoms with E-state index in [1.54, 1.807) is 19.2 Å². The van der Waals surface area contributed by atoms with E-state index in [-0.39, 0.29) is 29.1 Å². The second-order valence-electron chi connectivity index (χ2n) is 11.2. The Balaban J connectivity index is 2.45. The molecule has 0 amide bonds. The smallest absolute Gasteiger partial charge is 0.343 e. The number of aromatic nitrogens is 1. The number of likely N-dealkylation sites (N-methyl/N-ethyl adjacent to an activating group) is 1. The lowest BCUT2D eigenvalue weighted by molar-refractivity contribution is 0.0522. The summed E-state index contributed by atoms with van der Waals surface area (Å²) in [6.07, 6.45) is 3.87. The van der Waals surface area contributed by atoms with Crippen molar-refractivity contribution >= 4 is 17.2 Å². The molecule has 1 aliphatic heterocycles. The molecule has 5 heteroatoms. The van der Waals surface area contributed by atoms with Gasteiger partial charge in [-0.05, 0) is 49.3 Å². The topological polar surface area (TPSA) is 51.5 Å². The van der Waals surface area contributed by atoms with E-state index in [2.05, 4.69) is 83.2 Å². The first-order chi connectivity index (χ1) is 16.4. The van der Waals surface area contributed by atoms with Gasteiger partial charge < -0.3 is 14.2 Å². The lowest BCUT2D eigenvalue weighted by Gasteiger charge is -2.43. The Morgan fingerprint density at radius 1 is 1.20 bits per heavy atom. The summed E-state index contributed by atoms with van der Waals surface area (Å²) in [7, 11) is 2.11. The standard InChI is InChI=1S/C30H42N2O3/c1-10-20(5)15-21-13-12-14-22(27(21)19(3)4)28-24-16-25(33)23(29(34)35-11-2)17-32(24)26(18-31(28)9)30(6,7)8/h12-14,16-17,20,26H,10-11,15,18H2,1-9H3/b28-22-. The normalized spacial score (nSPS) is 18.2. The quantitative estimate of drug-likeness (QED) is 0.594. The fourth-order valence-electron chi connectivity index (χ4n) is 5.11. The Bertz CT molecular complexity index is 1280. The molecule has 5 nitrogen and oxygen atoms in total. The van der Waals surface area contributed by atoms with E-state index in [1.165, 1.54) is 16.4 Å². The molecule has 0 N–H and O–H groups in total. The molecule has 3 rings (SSSR count). The summed E-state index contributed by atoms with van der Waals surface area (Å²) in [5.74, 6) is 0.0275. The van der Waals surface area contributed by atoms with Gasteiger partial charge in [0.1, 0.15) is 5.56 Å². The van der Waals surface area contributed by atoms with Crippen LogP contribution in [0.15, 0.2) is 35.3 Å². The van der Waals surface area contributed by atoms with Gasteiger partial charge in [-0.25, -0.2) is 4.79 Å². The van der Waals surface area contributed by atoms with Crippen LogP contribution in [0.5, 0.6) is 0 Å². The number of rotatable bonds is 5. The first-order valence-electron chi connectivity index (χ1n) is 12.8. The highest BCUT2D eigenvalue weighted by Gasteiger charge is 2.35. The van der Waals surface area contributed by atoms with E-state index in [4.69, 9.17) is 4.74 Å². The predicted octanol–water partition coefficient (Wildman–Crippen LogP) is 4.49. The first kappa shape index (κ1) is 26.8. The number of pyridine rings is 1. The molecule has 1 aliphatic rings. The molecule has 2 atom stereocenters. The minimum absolute atomic E-state index is 0.0798. The molecule has 0 aliphatic carbocycles. The molecule has 0 radical (unpaired) electrons. The van der Waals surface area contributed by atoms with Gasteiger partial charge in [-0.2, -0.15) is 0 Å². The maximum atomic E-state index is 13.2. The van der Waals surface area contributed by atoms with Crippen LogP contribution in [0, 0.1) is 11.3 Å². The summed E-state index contributed by atoms with van der Waals surface area (Å²) >= 11 is 0. The first-order valence-corrected chi connectivity index (χ1v) is 12.8. The van der Waals surface area contributed by atoms with Crippen molar-refractivity contribution in [3.63, 3.8) is 0 Å². The largest absolute Gasteiger partial charge is 0.462 e. The van der Waals surface area contributed by atoms with Crippen LogP contribution >= 0.6 is 0 Å². The number of carbonyl (C=O) groups excluding carboxylic acids is 1. The molecule has 35 heavy (non-hydrogen) atoms. The van der Waals surface area contributed by atoms with Crippen LogP contribution in [0.25, 0.3) is 11.3 Å². The fourth-order valence-corrected chi connectivity index (χ4v) is 5.11. The van der Waals surface area contributed by atoms with Crippen molar-refractivity contribution in [2.75, 3.05) is 20.2 Å². The third-order valence-electron chi connectivity index (χ3n) is 7.15. The van der Waals surface area contributed by atoms with Crippen LogP contribution in [0.3, 0.4) is 0 Å². The van der Waals surface area contributed by atoms with Gasteiger partial charge in [-0.3, -0.25) is 4.79 Å². The minimum Gasteiger partial charge on any atom is -0.462 e. The van der Waals surface area contributed by atoms with Gasteiger partial charge in [0.05, 0.1) is 24.0 Å². The highest BCUT2D eigenvalue weighted by atomic mass is 16.5. The van der Waals surface area contributed by atoms with Gasteiger partial charge in [0, 0.05) is 31.1 Å². The van der Waals surface area contributed by atoms with Crippen LogP contribution in [0.1, 0.15) is 89.5 Å². The summed E-state index contributed by atoms with van der Waals surface area (Å²) in [6, 6.07) is 8.24. The number of esters is 1. The fraction of sp³-hybridized carbons (Fsp3) is 0.533. The Kier molecular flexibility index (Phi) is 7.98. The second kappa shape index (κ2) is 10.4. The Labute approximate surface area is 210 Å². The summed E-state index contributed by atoms with van der Waals surface area (Å²) < 4.78 is 7.33. The van der Waals surface area contributed by atoms with Crippen LogP contribution in [0.2, 0.25) is 0 Å². The Morgan fingerprint density at radius 3 is 2.46 bits per heavy atom. The van der Waals surface area contributed by atoms with Gasteiger partial charge in [0.25, 0.3) is 0 Å². The average Bonchev–Trinajstić information content (AvgIpc) is 2.77. The third-order valence-corrected chi connectivity index (χ3v) is 7.15. The van der Waals surface area contributed by atoms with Crippen molar-refractivity contribution in [2.45, 2.75) is 74.3 Å². The van der Waals surface area contributed by atoms with Crippen LogP contribution in [-0.2, 0) is 11.2 Å². The SMILES string of the molecule is CCOC(=O)c1cn2c(cc1=O)/C(=c1\cccc(CC(C)CC)c1=C(C)C)N(C)CC2C(C)(C)C. The molecular weight excluding hydrogens is 436 g/mol. The zero-order chi connectivity index (χ0) is 26.1. The van der Waals surface area contributed by atoms with Crippen LogP contribution in [-0.4, -0.2) is 35.6 Å². The lowest BCUT2D eigenvalue weighted by atomic mass is 9.84. The van der Waals surface area contributed by atoms with Crippen molar-refractivity contribution < 1.29 is 9.53 Å². The molecule has 0 spiro atoms. The van der Waals surface area contributed by atoms with Gasteiger partial charge in [-0.15, -0.1) is 0 Å². The number of hydrogen-bond donors (Lipinski definition) is 0. The number of hydrogen-bond acceptors (Lipinski definition) is 4. The summed E-state index contributed by atoms with van der Waals surface area (Å²) in [6.45, 7) is 18.2. The summed E-state index contributed by atoms with van der Waals surface area (Å²) in [4.78, 5) is 28.0. The third kappa shape index (κ3) is 5.39.